The summed E-state index contributed by atoms with van der Waals surface area (Å²) in [5.41, 5.74) is 6.76. The van der Waals surface area contributed by atoms with Crippen LogP contribution >= 0.6 is 15.9 Å². The zero-order valence-electron chi connectivity index (χ0n) is 11.9. The number of halogens is 1. The highest BCUT2D eigenvalue weighted by Gasteiger charge is 2.15. The van der Waals surface area contributed by atoms with Crippen molar-refractivity contribution in [2.24, 2.45) is 0 Å². The van der Waals surface area contributed by atoms with Crippen LogP contribution in [0.25, 0.3) is 0 Å². The first kappa shape index (κ1) is 16.3. The molecule has 1 aromatic carbocycles. The largest absolute Gasteiger partial charge is 0.398 e. The van der Waals surface area contributed by atoms with Crippen LogP contribution in [0.5, 0.6) is 0 Å². The minimum atomic E-state index is -0.159. The lowest BCUT2D eigenvalue weighted by Gasteiger charge is -2.11. The van der Waals surface area contributed by atoms with E-state index in [1.54, 1.807) is 12.1 Å². The van der Waals surface area contributed by atoms with E-state index in [0.717, 1.165) is 30.3 Å². The molecule has 0 radical (unpaired) electrons. The Morgan fingerprint density at radius 3 is 3.14 bits per heavy atom. The van der Waals surface area contributed by atoms with Crippen LogP contribution in [-0.4, -0.2) is 38.4 Å². The van der Waals surface area contributed by atoms with Gasteiger partial charge in [0.15, 0.2) is 0 Å². The zero-order valence-corrected chi connectivity index (χ0v) is 13.5. The number of ether oxygens (including phenoxy) is 2. The summed E-state index contributed by atoms with van der Waals surface area (Å²) in [6.45, 7) is 2.68. The lowest BCUT2D eigenvalue weighted by atomic mass is 10.1. The van der Waals surface area contributed by atoms with Crippen LogP contribution < -0.4 is 11.1 Å². The fourth-order valence-electron chi connectivity index (χ4n) is 2.19. The number of amides is 1. The van der Waals surface area contributed by atoms with E-state index >= 15 is 0 Å². The lowest BCUT2D eigenvalue weighted by Crippen LogP contribution is -2.26. The van der Waals surface area contributed by atoms with E-state index in [1.165, 1.54) is 0 Å². The lowest BCUT2D eigenvalue weighted by molar-refractivity contribution is 0.0166. The second-order valence-corrected chi connectivity index (χ2v) is 5.97. The minimum Gasteiger partial charge on any atom is -0.398 e. The molecule has 21 heavy (non-hydrogen) atoms. The second-order valence-electron chi connectivity index (χ2n) is 5.05. The summed E-state index contributed by atoms with van der Waals surface area (Å²) in [6.07, 6.45) is 3.23. The number of anilines is 1. The van der Waals surface area contributed by atoms with Gasteiger partial charge in [0.2, 0.25) is 0 Å². The summed E-state index contributed by atoms with van der Waals surface area (Å²) in [7, 11) is 0. The topological polar surface area (TPSA) is 73.6 Å². The molecular weight excluding hydrogens is 336 g/mol. The highest BCUT2D eigenvalue weighted by molar-refractivity contribution is 9.10. The van der Waals surface area contributed by atoms with Crippen LogP contribution in [0.2, 0.25) is 0 Å². The molecule has 3 N–H and O–H groups in total. The van der Waals surface area contributed by atoms with Crippen molar-refractivity contribution in [3.8, 4) is 0 Å². The third kappa shape index (κ3) is 5.30. The van der Waals surface area contributed by atoms with E-state index in [-0.39, 0.29) is 12.0 Å². The Morgan fingerprint density at radius 1 is 1.52 bits per heavy atom. The van der Waals surface area contributed by atoms with Gasteiger partial charge in [0.1, 0.15) is 0 Å². The van der Waals surface area contributed by atoms with Crippen molar-refractivity contribution in [1.82, 2.24) is 5.32 Å². The van der Waals surface area contributed by atoms with Crippen LogP contribution in [0.4, 0.5) is 5.69 Å². The molecule has 0 aliphatic carbocycles. The first-order chi connectivity index (χ1) is 10.2. The number of rotatable bonds is 7. The molecule has 1 heterocycles. The quantitative estimate of drug-likeness (QED) is 0.580. The van der Waals surface area contributed by atoms with E-state index in [9.17, 15) is 4.79 Å². The number of nitrogen functional groups attached to an aromatic ring is 1. The molecule has 116 valence electrons. The molecular formula is C15H21BrN2O3. The Bertz CT molecular complexity index is 476. The molecule has 0 bridgehead atoms. The van der Waals surface area contributed by atoms with Gasteiger partial charge in [-0.1, -0.05) is 15.9 Å². The number of hydrogen-bond acceptors (Lipinski definition) is 4. The average Bonchev–Trinajstić information content (AvgIpc) is 2.98. The van der Waals surface area contributed by atoms with Gasteiger partial charge in [-0.2, -0.15) is 0 Å². The number of carbonyl (C=O) groups excluding carboxylic acids is 1. The molecule has 1 atom stereocenters. The molecule has 0 spiro atoms. The maximum Gasteiger partial charge on any atom is 0.253 e. The summed E-state index contributed by atoms with van der Waals surface area (Å²) >= 11 is 3.33. The standard InChI is InChI=1S/C15H21BrN2O3/c16-11-4-5-14(17)13(9-11)15(19)18-6-2-7-20-10-12-3-1-8-21-12/h4-5,9,12H,1-3,6-8,10,17H2,(H,18,19). The van der Waals surface area contributed by atoms with Gasteiger partial charge in [-0.15, -0.1) is 0 Å². The van der Waals surface area contributed by atoms with Gasteiger partial charge in [-0.3, -0.25) is 4.79 Å². The first-order valence-corrected chi connectivity index (χ1v) is 7.98. The van der Waals surface area contributed by atoms with Crippen molar-refractivity contribution >= 4 is 27.5 Å². The van der Waals surface area contributed by atoms with Crippen molar-refractivity contribution in [1.29, 1.82) is 0 Å². The van der Waals surface area contributed by atoms with E-state index in [2.05, 4.69) is 21.2 Å². The second kappa shape index (κ2) is 8.36. The number of carbonyl (C=O) groups is 1. The summed E-state index contributed by atoms with van der Waals surface area (Å²) in [5.74, 6) is -0.159. The number of benzene rings is 1. The van der Waals surface area contributed by atoms with E-state index < -0.39 is 0 Å². The Hall–Kier alpha value is -1.11. The predicted octanol–water partition coefficient (Wildman–Crippen LogP) is 2.35. The fourth-order valence-corrected chi connectivity index (χ4v) is 2.55. The molecule has 2 rings (SSSR count). The van der Waals surface area contributed by atoms with Gasteiger partial charge in [0, 0.05) is 29.9 Å². The van der Waals surface area contributed by atoms with Crippen molar-refractivity contribution < 1.29 is 14.3 Å². The fraction of sp³-hybridized carbons (Fsp3) is 0.533. The van der Waals surface area contributed by atoms with Crippen LogP contribution in [0.15, 0.2) is 22.7 Å². The molecule has 0 aromatic heterocycles. The number of hydrogen-bond donors (Lipinski definition) is 2. The van der Waals surface area contributed by atoms with E-state index in [4.69, 9.17) is 15.2 Å². The van der Waals surface area contributed by atoms with Gasteiger partial charge < -0.3 is 20.5 Å². The molecule has 1 aromatic rings. The summed E-state index contributed by atoms with van der Waals surface area (Å²) in [5, 5.41) is 2.84. The molecule has 1 aliphatic heterocycles. The molecule has 1 aliphatic rings. The van der Waals surface area contributed by atoms with Gasteiger partial charge in [-0.05, 0) is 37.5 Å². The molecule has 6 heteroatoms. The number of nitrogens with one attached hydrogen (secondary N) is 1. The van der Waals surface area contributed by atoms with Gasteiger partial charge >= 0.3 is 0 Å². The Labute approximate surface area is 133 Å². The Kier molecular flexibility index (Phi) is 6.48. The maximum absolute atomic E-state index is 12.0. The molecule has 1 amide bonds. The Balaban J connectivity index is 1.61. The van der Waals surface area contributed by atoms with Crippen LogP contribution in [-0.2, 0) is 9.47 Å². The highest BCUT2D eigenvalue weighted by atomic mass is 79.9. The Morgan fingerprint density at radius 2 is 2.38 bits per heavy atom. The van der Waals surface area contributed by atoms with Gasteiger partial charge in [-0.25, -0.2) is 0 Å². The summed E-state index contributed by atoms with van der Waals surface area (Å²) in [4.78, 5) is 12.0. The minimum absolute atomic E-state index is 0.159. The van der Waals surface area contributed by atoms with E-state index in [1.807, 2.05) is 6.07 Å². The zero-order chi connectivity index (χ0) is 15.1. The van der Waals surface area contributed by atoms with Crippen LogP contribution in [0.1, 0.15) is 29.6 Å². The first-order valence-electron chi connectivity index (χ1n) is 7.19. The van der Waals surface area contributed by atoms with Crippen molar-refractivity contribution in [2.45, 2.75) is 25.4 Å². The number of nitrogens with two attached hydrogens (primary N) is 1. The van der Waals surface area contributed by atoms with Gasteiger partial charge in [0.05, 0.1) is 18.3 Å². The van der Waals surface area contributed by atoms with Crippen molar-refractivity contribution in [2.75, 3.05) is 32.1 Å². The van der Waals surface area contributed by atoms with Crippen molar-refractivity contribution in [3.05, 3.63) is 28.2 Å². The average molecular weight is 357 g/mol. The molecule has 1 saturated heterocycles. The SMILES string of the molecule is Nc1ccc(Br)cc1C(=O)NCCCOCC1CCCO1. The molecule has 5 nitrogen and oxygen atoms in total. The van der Waals surface area contributed by atoms with E-state index in [0.29, 0.717) is 31.0 Å². The highest BCUT2D eigenvalue weighted by Crippen LogP contribution is 2.18. The van der Waals surface area contributed by atoms with Gasteiger partial charge in [0.25, 0.3) is 5.91 Å². The third-order valence-electron chi connectivity index (χ3n) is 3.34. The molecule has 1 fully saturated rings. The normalized spacial score (nSPS) is 17.9. The predicted molar refractivity (Wildman–Crippen MR) is 85.3 cm³/mol. The third-order valence-corrected chi connectivity index (χ3v) is 3.83. The monoisotopic (exact) mass is 356 g/mol. The molecule has 1 unspecified atom stereocenters. The maximum atomic E-state index is 12.0. The van der Waals surface area contributed by atoms with Crippen LogP contribution in [0.3, 0.4) is 0 Å². The van der Waals surface area contributed by atoms with Crippen molar-refractivity contribution in [3.63, 3.8) is 0 Å². The summed E-state index contributed by atoms with van der Waals surface area (Å²) in [6, 6.07) is 5.24. The summed E-state index contributed by atoms with van der Waals surface area (Å²) < 4.78 is 11.8. The van der Waals surface area contributed by atoms with Crippen LogP contribution in [0, 0.1) is 0 Å². The molecule has 0 saturated carbocycles. The smallest absolute Gasteiger partial charge is 0.253 e.